The average molecular weight is 333 g/mol. The number of anilines is 1. The first kappa shape index (κ1) is 17.4. The second kappa shape index (κ2) is 8.06. The first-order valence-electron chi connectivity index (χ1n) is 7.72. The Hall–Kier alpha value is -1.95. The third kappa shape index (κ3) is 5.32. The monoisotopic (exact) mass is 333 g/mol. The van der Waals surface area contributed by atoms with E-state index in [1.807, 2.05) is 37.7 Å². The van der Waals surface area contributed by atoms with E-state index in [0.29, 0.717) is 17.5 Å². The first-order chi connectivity index (χ1) is 11.0. The van der Waals surface area contributed by atoms with E-state index in [4.69, 9.17) is 4.52 Å². The summed E-state index contributed by atoms with van der Waals surface area (Å²) < 4.78 is 4.96. The van der Waals surface area contributed by atoms with Crippen molar-refractivity contribution in [3.63, 3.8) is 0 Å². The standard InChI is InChI=1S/C17H23N3O2S/c1-5-13(4)23-15-6-7-16(11(2)8-15)19-17(21)18-10-14-9-12(3)22-20-14/h6-9,13H,5,10H2,1-4H3,(H2,18,19,21)/t13-/m1/s1. The van der Waals surface area contributed by atoms with Crippen LogP contribution in [0.1, 0.15) is 37.3 Å². The number of carbonyl (C=O) groups is 1. The fourth-order valence-corrected chi connectivity index (χ4v) is 3.03. The minimum Gasteiger partial charge on any atom is -0.361 e. The molecule has 0 bridgehead atoms. The Kier molecular flexibility index (Phi) is 6.10. The summed E-state index contributed by atoms with van der Waals surface area (Å²) in [5, 5.41) is 10.1. The maximum absolute atomic E-state index is 12.0. The summed E-state index contributed by atoms with van der Waals surface area (Å²) in [6.45, 7) is 8.55. The predicted molar refractivity (Wildman–Crippen MR) is 93.9 cm³/mol. The van der Waals surface area contributed by atoms with E-state index in [0.717, 1.165) is 23.4 Å². The van der Waals surface area contributed by atoms with Gasteiger partial charge >= 0.3 is 6.03 Å². The zero-order chi connectivity index (χ0) is 16.8. The molecule has 0 aliphatic rings. The Morgan fingerprint density at radius 1 is 1.35 bits per heavy atom. The van der Waals surface area contributed by atoms with Crippen molar-refractivity contribution in [3.05, 3.63) is 41.3 Å². The van der Waals surface area contributed by atoms with E-state index in [2.05, 4.69) is 35.7 Å². The third-order valence-corrected chi connectivity index (χ3v) is 4.73. The summed E-state index contributed by atoms with van der Waals surface area (Å²) in [6.07, 6.45) is 1.13. The van der Waals surface area contributed by atoms with Gasteiger partial charge in [0.1, 0.15) is 11.5 Å². The minimum absolute atomic E-state index is 0.254. The molecule has 2 amide bonds. The SMILES string of the molecule is CC[C@@H](C)Sc1ccc(NC(=O)NCc2cc(C)on2)c(C)c1. The zero-order valence-electron chi connectivity index (χ0n) is 14.0. The number of amides is 2. The quantitative estimate of drug-likeness (QED) is 0.764. The van der Waals surface area contributed by atoms with Gasteiger partial charge in [-0.1, -0.05) is 19.0 Å². The number of carbonyl (C=O) groups excluding carboxylic acids is 1. The van der Waals surface area contributed by atoms with Crippen LogP contribution >= 0.6 is 11.8 Å². The Morgan fingerprint density at radius 3 is 2.74 bits per heavy atom. The van der Waals surface area contributed by atoms with E-state index < -0.39 is 0 Å². The molecule has 1 aromatic carbocycles. The average Bonchev–Trinajstić information content (AvgIpc) is 2.93. The molecule has 0 radical (unpaired) electrons. The zero-order valence-corrected chi connectivity index (χ0v) is 14.8. The van der Waals surface area contributed by atoms with Gasteiger partial charge in [0.15, 0.2) is 0 Å². The van der Waals surface area contributed by atoms with Gasteiger partial charge in [0.25, 0.3) is 0 Å². The Bertz CT molecular complexity index is 670. The largest absolute Gasteiger partial charge is 0.361 e. The van der Waals surface area contributed by atoms with Crippen LogP contribution in [0.3, 0.4) is 0 Å². The maximum atomic E-state index is 12.0. The van der Waals surface area contributed by atoms with Crippen LogP contribution in [0.4, 0.5) is 10.5 Å². The van der Waals surface area contributed by atoms with Gasteiger partial charge in [0, 0.05) is 21.9 Å². The fourth-order valence-electron chi connectivity index (χ4n) is 2.00. The van der Waals surface area contributed by atoms with Crippen LogP contribution in [0.25, 0.3) is 0 Å². The van der Waals surface area contributed by atoms with Crippen LogP contribution in [0, 0.1) is 13.8 Å². The molecule has 23 heavy (non-hydrogen) atoms. The number of hydrogen-bond donors (Lipinski definition) is 2. The molecule has 2 rings (SSSR count). The summed E-state index contributed by atoms with van der Waals surface area (Å²) in [5.41, 5.74) is 2.56. The van der Waals surface area contributed by atoms with Crippen molar-refractivity contribution in [1.82, 2.24) is 10.5 Å². The minimum atomic E-state index is -0.254. The number of nitrogens with zero attached hydrogens (tertiary/aromatic N) is 1. The van der Waals surface area contributed by atoms with Crippen LogP contribution in [0.5, 0.6) is 0 Å². The van der Waals surface area contributed by atoms with Gasteiger partial charge in [0.05, 0.1) is 6.54 Å². The molecule has 0 fully saturated rings. The normalized spacial score (nSPS) is 12.0. The molecule has 0 unspecified atom stereocenters. The maximum Gasteiger partial charge on any atom is 0.319 e. The lowest BCUT2D eigenvalue weighted by Crippen LogP contribution is -2.28. The molecular weight excluding hydrogens is 310 g/mol. The smallest absolute Gasteiger partial charge is 0.319 e. The van der Waals surface area contributed by atoms with Gasteiger partial charge in [-0.15, -0.1) is 11.8 Å². The van der Waals surface area contributed by atoms with Gasteiger partial charge in [-0.2, -0.15) is 0 Å². The van der Waals surface area contributed by atoms with Crippen molar-refractivity contribution in [2.24, 2.45) is 0 Å². The molecule has 1 aromatic heterocycles. The Labute approximate surface area is 141 Å². The molecule has 0 saturated carbocycles. The molecule has 2 N–H and O–H groups in total. The van der Waals surface area contributed by atoms with Gasteiger partial charge in [-0.3, -0.25) is 0 Å². The molecule has 0 saturated heterocycles. The second-order valence-corrected chi connectivity index (χ2v) is 7.06. The van der Waals surface area contributed by atoms with Crippen molar-refractivity contribution < 1.29 is 9.32 Å². The van der Waals surface area contributed by atoms with E-state index in [-0.39, 0.29) is 6.03 Å². The van der Waals surface area contributed by atoms with Crippen molar-refractivity contribution in [3.8, 4) is 0 Å². The molecule has 0 aliphatic carbocycles. The lowest BCUT2D eigenvalue weighted by Gasteiger charge is -2.12. The predicted octanol–water partition coefficient (Wildman–Crippen LogP) is 4.50. The van der Waals surface area contributed by atoms with Crippen molar-refractivity contribution in [2.75, 3.05) is 5.32 Å². The second-order valence-electron chi connectivity index (χ2n) is 5.55. The number of rotatable bonds is 6. The van der Waals surface area contributed by atoms with Crippen LogP contribution in [-0.2, 0) is 6.54 Å². The van der Waals surface area contributed by atoms with Crippen LogP contribution < -0.4 is 10.6 Å². The van der Waals surface area contributed by atoms with E-state index in [1.54, 1.807) is 6.07 Å². The molecular formula is C17H23N3O2S. The highest BCUT2D eigenvalue weighted by Gasteiger charge is 2.08. The first-order valence-corrected chi connectivity index (χ1v) is 8.60. The number of aryl methyl sites for hydroxylation is 2. The molecule has 2 aromatic rings. The van der Waals surface area contributed by atoms with Crippen LogP contribution in [0.2, 0.25) is 0 Å². The Balaban J connectivity index is 1.90. The van der Waals surface area contributed by atoms with Gasteiger partial charge < -0.3 is 15.2 Å². The van der Waals surface area contributed by atoms with E-state index in [1.165, 1.54) is 4.90 Å². The molecule has 1 atom stereocenters. The van der Waals surface area contributed by atoms with Crippen molar-refractivity contribution in [1.29, 1.82) is 0 Å². The topological polar surface area (TPSA) is 67.2 Å². The molecule has 6 heteroatoms. The number of thioether (sulfide) groups is 1. The molecule has 5 nitrogen and oxygen atoms in total. The van der Waals surface area contributed by atoms with E-state index in [9.17, 15) is 4.79 Å². The van der Waals surface area contributed by atoms with Crippen molar-refractivity contribution >= 4 is 23.5 Å². The summed E-state index contributed by atoms with van der Waals surface area (Å²) in [5.74, 6) is 0.729. The van der Waals surface area contributed by atoms with Crippen molar-refractivity contribution in [2.45, 2.75) is 50.8 Å². The number of nitrogens with one attached hydrogen (secondary N) is 2. The lowest BCUT2D eigenvalue weighted by molar-refractivity contribution is 0.251. The fraction of sp³-hybridized carbons (Fsp3) is 0.412. The molecule has 1 heterocycles. The molecule has 124 valence electrons. The van der Waals surface area contributed by atoms with Gasteiger partial charge in [-0.25, -0.2) is 4.79 Å². The van der Waals surface area contributed by atoms with Crippen LogP contribution in [0.15, 0.2) is 33.7 Å². The highest BCUT2D eigenvalue weighted by atomic mass is 32.2. The van der Waals surface area contributed by atoms with Gasteiger partial charge in [0.2, 0.25) is 0 Å². The highest BCUT2D eigenvalue weighted by Crippen LogP contribution is 2.28. The van der Waals surface area contributed by atoms with Gasteiger partial charge in [-0.05, 0) is 44.0 Å². The summed E-state index contributed by atoms with van der Waals surface area (Å²) in [7, 11) is 0. The lowest BCUT2D eigenvalue weighted by atomic mass is 10.2. The number of benzene rings is 1. The number of urea groups is 1. The Morgan fingerprint density at radius 2 is 2.13 bits per heavy atom. The third-order valence-electron chi connectivity index (χ3n) is 3.47. The number of hydrogen-bond acceptors (Lipinski definition) is 4. The van der Waals surface area contributed by atoms with Crippen LogP contribution in [-0.4, -0.2) is 16.4 Å². The highest BCUT2D eigenvalue weighted by molar-refractivity contribution is 7.99. The molecule has 0 spiro atoms. The number of aromatic nitrogens is 1. The summed E-state index contributed by atoms with van der Waals surface area (Å²) in [4.78, 5) is 13.2. The summed E-state index contributed by atoms with van der Waals surface area (Å²) >= 11 is 1.85. The summed E-state index contributed by atoms with van der Waals surface area (Å²) in [6, 6.07) is 7.64. The van der Waals surface area contributed by atoms with E-state index >= 15 is 0 Å². The molecule has 0 aliphatic heterocycles.